The third kappa shape index (κ3) is 3.17. The molecular weight excluding hydrogens is 272 g/mol. The fraction of sp³-hybridized carbons (Fsp3) is 0.267. The topological polar surface area (TPSA) is 85.5 Å². The number of nitro benzene ring substituents is 1. The van der Waals surface area contributed by atoms with Crippen LogP contribution in [0.2, 0.25) is 0 Å². The smallest absolute Gasteiger partial charge is 0.276 e. The molecule has 0 radical (unpaired) electrons. The molecule has 1 heterocycles. The SMILES string of the molecule is Cc1cc(C)c([N+](=O)[O-])cc1Oc1ncccc1[C@@H](C)O. The van der Waals surface area contributed by atoms with Crippen LogP contribution >= 0.6 is 0 Å². The number of hydrogen-bond donors (Lipinski definition) is 1. The average Bonchev–Trinajstić information content (AvgIpc) is 2.41. The second-order valence-corrected chi connectivity index (χ2v) is 4.84. The highest BCUT2D eigenvalue weighted by atomic mass is 16.6. The summed E-state index contributed by atoms with van der Waals surface area (Å²) in [5.74, 6) is 0.599. The maximum absolute atomic E-state index is 11.0. The van der Waals surface area contributed by atoms with Crippen molar-refractivity contribution >= 4 is 5.69 Å². The number of aryl methyl sites for hydroxylation is 2. The molecule has 0 spiro atoms. The van der Waals surface area contributed by atoms with Crippen molar-refractivity contribution in [3.63, 3.8) is 0 Å². The number of benzene rings is 1. The lowest BCUT2D eigenvalue weighted by molar-refractivity contribution is -0.385. The van der Waals surface area contributed by atoms with E-state index in [0.717, 1.165) is 5.56 Å². The Hall–Kier alpha value is -2.47. The van der Waals surface area contributed by atoms with E-state index in [1.807, 2.05) is 0 Å². The number of nitro groups is 1. The highest BCUT2D eigenvalue weighted by Crippen LogP contribution is 2.33. The predicted octanol–water partition coefficient (Wildman–Crippen LogP) is 3.45. The van der Waals surface area contributed by atoms with Gasteiger partial charge in [0.2, 0.25) is 5.88 Å². The summed E-state index contributed by atoms with van der Waals surface area (Å²) >= 11 is 0. The second kappa shape index (κ2) is 5.88. The number of nitrogens with zero attached hydrogens (tertiary/aromatic N) is 2. The van der Waals surface area contributed by atoms with E-state index >= 15 is 0 Å². The normalized spacial score (nSPS) is 12.0. The Morgan fingerprint density at radius 2 is 2.05 bits per heavy atom. The summed E-state index contributed by atoms with van der Waals surface area (Å²) in [5.41, 5.74) is 1.85. The highest BCUT2D eigenvalue weighted by molar-refractivity contribution is 5.51. The number of aromatic nitrogens is 1. The van der Waals surface area contributed by atoms with E-state index in [0.29, 0.717) is 16.9 Å². The van der Waals surface area contributed by atoms with Crippen LogP contribution in [-0.2, 0) is 0 Å². The molecule has 1 N–H and O–H groups in total. The number of aliphatic hydroxyl groups excluding tert-OH is 1. The molecule has 0 saturated heterocycles. The Kier molecular flexibility index (Phi) is 4.18. The van der Waals surface area contributed by atoms with Crippen molar-refractivity contribution in [2.45, 2.75) is 26.9 Å². The minimum Gasteiger partial charge on any atom is -0.438 e. The van der Waals surface area contributed by atoms with Gasteiger partial charge in [-0.2, -0.15) is 0 Å². The Labute approximate surface area is 122 Å². The van der Waals surface area contributed by atoms with Gasteiger partial charge < -0.3 is 9.84 Å². The molecule has 0 amide bonds. The summed E-state index contributed by atoms with van der Waals surface area (Å²) in [4.78, 5) is 14.6. The van der Waals surface area contributed by atoms with Gasteiger partial charge in [-0.25, -0.2) is 4.98 Å². The maximum atomic E-state index is 11.0. The van der Waals surface area contributed by atoms with E-state index in [9.17, 15) is 15.2 Å². The third-order valence-corrected chi connectivity index (χ3v) is 3.15. The van der Waals surface area contributed by atoms with Gasteiger partial charge in [0.25, 0.3) is 5.69 Å². The van der Waals surface area contributed by atoms with E-state index in [1.165, 1.54) is 6.07 Å². The van der Waals surface area contributed by atoms with Crippen LogP contribution in [0.25, 0.3) is 0 Å². The van der Waals surface area contributed by atoms with Gasteiger partial charge in [-0.1, -0.05) is 0 Å². The molecule has 0 aliphatic heterocycles. The molecular formula is C15H16N2O4. The van der Waals surface area contributed by atoms with Crippen molar-refractivity contribution in [3.05, 3.63) is 57.3 Å². The summed E-state index contributed by atoms with van der Waals surface area (Å²) < 4.78 is 5.67. The van der Waals surface area contributed by atoms with Gasteiger partial charge in [-0.05, 0) is 44.5 Å². The lowest BCUT2D eigenvalue weighted by atomic mass is 10.1. The number of pyridine rings is 1. The van der Waals surface area contributed by atoms with Crippen LogP contribution in [0.1, 0.15) is 29.7 Å². The zero-order valence-electron chi connectivity index (χ0n) is 12.0. The molecule has 1 atom stereocenters. The van der Waals surface area contributed by atoms with Gasteiger partial charge >= 0.3 is 0 Å². The lowest BCUT2D eigenvalue weighted by Gasteiger charge is -2.13. The highest BCUT2D eigenvalue weighted by Gasteiger charge is 2.17. The zero-order chi connectivity index (χ0) is 15.6. The van der Waals surface area contributed by atoms with Crippen molar-refractivity contribution in [3.8, 4) is 11.6 Å². The average molecular weight is 288 g/mol. The van der Waals surface area contributed by atoms with Crippen molar-refractivity contribution in [2.75, 3.05) is 0 Å². The maximum Gasteiger partial charge on any atom is 0.276 e. The van der Waals surface area contributed by atoms with E-state index in [-0.39, 0.29) is 11.6 Å². The Morgan fingerprint density at radius 1 is 1.33 bits per heavy atom. The molecule has 2 aromatic rings. The summed E-state index contributed by atoms with van der Waals surface area (Å²) in [6.45, 7) is 5.09. The molecule has 0 saturated carbocycles. The fourth-order valence-corrected chi connectivity index (χ4v) is 2.04. The van der Waals surface area contributed by atoms with E-state index in [4.69, 9.17) is 4.74 Å². The van der Waals surface area contributed by atoms with Gasteiger partial charge in [0.05, 0.1) is 17.1 Å². The van der Waals surface area contributed by atoms with Gasteiger partial charge in [0.15, 0.2) is 0 Å². The second-order valence-electron chi connectivity index (χ2n) is 4.84. The number of hydrogen-bond acceptors (Lipinski definition) is 5. The Morgan fingerprint density at radius 3 is 2.67 bits per heavy atom. The summed E-state index contributed by atoms with van der Waals surface area (Å²) in [6, 6.07) is 6.47. The van der Waals surface area contributed by atoms with Crippen LogP contribution < -0.4 is 4.74 Å². The predicted molar refractivity (Wildman–Crippen MR) is 77.5 cm³/mol. The van der Waals surface area contributed by atoms with E-state index < -0.39 is 11.0 Å². The first-order chi connectivity index (χ1) is 9.90. The first-order valence-electron chi connectivity index (χ1n) is 6.46. The van der Waals surface area contributed by atoms with Crippen LogP contribution in [0, 0.1) is 24.0 Å². The number of ether oxygens (including phenoxy) is 1. The van der Waals surface area contributed by atoms with Gasteiger partial charge in [-0.15, -0.1) is 0 Å². The molecule has 0 bridgehead atoms. The van der Waals surface area contributed by atoms with Gasteiger partial charge in [-0.3, -0.25) is 10.1 Å². The Balaban J connectivity index is 2.45. The fourth-order valence-electron chi connectivity index (χ4n) is 2.04. The van der Waals surface area contributed by atoms with Crippen LogP contribution in [0.5, 0.6) is 11.6 Å². The monoisotopic (exact) mass is 288 g/mol. The van der Waals surface area contributed by atoms with Gasteiger partial charge in [0, 0.05) is 17.3 Å². The van der Waals surface area contributed by atoms with Crippen molar-refractivity contribution in [2.24, 2.45) is 0 Å². The summed E-state index contributed by atoms with van der Waals surface area (Å²) in [7, 11) is 0. The van der Waals surface area contributed by atoms with Crippen molar-refractivity contribution in [1.82, 2.24) is 4.98 Å². The molecule has 0 aliphatic rings. The van der Waals surface area contributed by atoms with Crippen LogP contribution in [-0.4, -0.2) is 15.0 Å². The molecule has 2 rings (SSSR count). The van der Waals surface area contributed by atoms with E-state index in [2.05, 4.69) is 4.98 Å². The Bertz CT molecular complexity index is 683. The van der Waals surface area contributed by atoms with Crippen LogP contribution in [0.15, 0.2) is 30.5 Å². The summed E-state index contributed by atoms with van der Waals surface area (Å²) in [5, 5.41) is 20.7. The first kappa shape index (κ1) is 14.9. The summed E-state index contributed by atoms with van der Waals surface area (Å²) in [6.07, 6.45) is 0.800. The molecule has 0 fully saturated rings. The van der Waals surface area contributed by atoms with Crippen molar-refractivity contribution < 1.29 is 14.8 Å². The number of rotatable bonds is 4. The zero-order valence-corrected chi connectivity index (χ0v) is 12.0. The molecule has 6 nitrogen and oxygen atoms in total. The minimum atomic E-state index is -0.741. The van der Waals surface area contributed by atoms with Crippen LogP contribution in [0.3, 0.4) is 0 Å². The molecule has 0 aliphatic carbocycles. The van der Waals surface area contributed by atoms with Gasteiger partial charge in [0.1, 0.15) is 5.75 Å². The molecule has 21 heavy (non-hydrogen) atoms. The van der Waals surface area contributed by atoms with E-state index in [1.54, 1.807) is 45.2 Å². The quantitative estimate of drug-likeness (QED) is 0.688. The molecule has 1 aromatic heterocycles. The standard InChI is InChI=1S/C15H16N2O4/c1-9-7-10(2)14(8-13(9)17(19)20)21-15-12(11(3)18)5-4-6-16-15/h4-8,11,18H,1-3H3/t11-/m1/s1. The lowest BCUT2D eigenvalue weighted by Crippen LogP contribution is -2.00. The van der Waals surface area contributed by atoms with Crippen LogP contribution in [0.4, 0.5) is 5.69 Å². The molecule has 110 valence electrons. The molecule has 6 heteroatoms. The number of aliphatic hydroxyl groups is 1. The third-order valence-electron chi connectivity index (χ3n) is 3.15. The largest absolute Gasteiger partial charge is 0.438 e. The molecule has 0 unspecified atom stereocenters. The van der Waals surface area contributed by atoms with Crippen molar-refractivity contribution in [1.29, 1.82) is 0 Å². The first-order valence-corrected chi connectivity index (χ1v) is 6.46. The molecule has 1 aromatic carbocycles. The minimum absolute atomic E-state index is 0.00914.